The van der Waals surface area contributed by atoms with Gasteiger partial charge in [-0.1, -0.05) is 41.5 Å². The number of rotatable bonds is 6. The monoisotopic (exact) mass is 474 g/mol. The lowest BCUT2D eigenvalue weighted by Gasteiger charge is -2.15. The molecule has 8 nitrogen and oxygen atoms in total. The SMILES string of the molecule is O=C(Nc1nnc(-c2ccc3c(c2)CCCC3)o1)c1ccccc1NS(=O)(=O)c1ccccc1. The first-order chi connectivity index (χ1) is 16.5. The van der Waals surface area contributed by atoms with Crippen molar-refractivity contribution in [2.45, 2.75) is 30.6 Å². The number of fused-ring (bicyclic) bond motifs is 1. The van der Waals surface area contributed by atoms with Gasteiger partial charge in [0.05, 0.1) is 16.1 Å². The average Bonchev–Trinajstić information content (AvgIpc) is 3.33. The maximum absolute atomic E-state index is 12.9. The van der Waals surface area contributed by atoms with E-state index in [9.17, 15) is 13.2 Å². The standard InChI is InChI=1S/C25H22N4O4S/c30-23(21-12-6-7-13-22(21)29-34(31,32)20-10-2-1-3-11-20)26-25-28-27-24(33-25)19-15-14-17-8-4-5-9-18(17)16-19/h1-3,6-7,10-16,29H,4-5,8-9H2,(H,26,28,30). The Kier molecular flexibility index (Phi) is 5.85. The molecule has 1 aromatic heterocycles. The first-order valence-electron chi connectivity index (χ1n) is 10.9. The minimum absolute atomic E-state index is 0.0709. The fourth-order valence-electron chi connectivity index (χ4n) is 3.99. The molecule has 34 heavy (non-hydrogen) atoms. The second-order valence-electron chi connectivity index (χ2n) is 8.02. The van der Waals surface area contributed by atoms with Gasteiger partial charge in [0.25, 0.3) is 15.9 Å². The maximum atomic E-state index is 12.9. The van der Waals surface area contributed by atoms with Gasteiger partial charge < -0.3 is 4.42 Å². The van der Waals surface area contributed by atoms with E-state index >= 15 is 0 Å². The zero-order chi connectivity index (χ0) is 23.5. The third kappa shape index (κ3) is 4.55. The normalized spacial score (nSPS) is 13.2. The highest BCUT2D eigenvalue weighted by atomic mass is 32.2. The first kappa shape index (κ1) is 21.8. The number of carbonyl (C=O) groups is 1. The summed E-state index contributed by atoms with van der Waals surface area (Å²) in [4.78, 5) is 13.0. The summed E-state index contributed by atoms with van der Waals surface area (Å²) in [5, 5.41) is 10.6. The van der Waals surface area contributed by atoms with Crippen molar-refractivity contribution in [2.75, 3.05) is 10.0 Å². The van der Waals surface area contributed by atoms with E-state index in [1.165, 1.54) is 41.8 Å². The Morgan fingerprint density at radius 2 is 1.59 bits per heavy atom. The molecule has 1 amide bonds. The van der Waals surface area contributed by atoms with Crippen molar-refractivity contribution < 1.29 is 17.6 Å². The highest BCUT2D eigenvalue weighted by Crippen LogP contribution is 2.28. The molecule has 0 aliphatic heterocycles. The van der Waals surface area contributed by atoms with E-state index in [1.54, 1.807) is 30.3 Å². The number of nitrogens with one attached hydrogen (secondary N) is 2. The van der Waals surface area contributed by atoms with Crippen molar-refractivity contribution in [2.24, 2.45) is 0 Å². The summed E-state index contributed by atoms with van der Waals surface area (Å²) in [5.74, 6) is -0.270. The lowest BCUT2D eigenvalue weighted by molar-refractivity contribution is 0.102. The quantitative estimate of drug-likeness (QED) is 0.420. The van der Waals surface area contributed by atoms with Crippen LogP contribution in [0, 0.1) is 0 Å². The van der Waals surface area contributed by atoms with E-state index in [2.05, 4.69) is 32.4 Å². The number of para-hydroxylation sites is 1. The number of benzene rings is 3. The summed E-state index contributed by atoms with van der Waals surface area (Å²) in [6.07, 6.45) is 4.46. The Labute approximate surface area is 197 Å². The van der Waals surface area contributed by atoms with Gasteiger partial charge in [-0.25, -0.2) is 8.42 Å². The Morgan fingerprint density at radius 1 is 0.853 bits per heavy atom. The van der Waals surface area contributed by atoms with Gasteiger partial charge in [0.15, 0.2) is 0 Å². The van der Waals surface area contributed by atoms with Gasteiger partial charge >= 0.3 is 6.01 Å². The van der Waals surface area contributed by atoms with E-state index in [-0.39, 0.29) is 22.2 Å². The molecule has 1 heterocycles. The van der Waals surface area contributed by atoms with Crippen LogP contribution >= 0.6 is 0 Å². The van der Waals surface area contributed by atoms with E-state index in [4.69, 9.17) is 4.42 Å². The number of carbonyl (C=O) groups excluding carboxylic acids is 1. The van der Waals surface area contributed by atoms with E-state index in [0.29, 0.717) is 5.89 Å². The minimum atomic E-state index is -3.86. The molecular formula is C25H22N4O4S. The molecule has 0 unspecified atom stereocenters. The van der Waals surface area contributed by atoms with Gasteiger partial charge in [-0.3, -0.25) is 14.8 Å². The van der Waals surface area contributed by atoms with Crippen LogP contribution in [-0.4, -0.2) is 24.5 Å². The highest BCUT2D eigenvalue weighted by molar-refractivity contribution is 7.92. The molecule has 0 fully saturated rings. The van der Waals surface area contributed by atoms with Crippen LogP contribution < -0.4 is 10.0 Å². The third-order valence-corrected chi connectivity index (χ3v) is 7.09. The average molecular weight is 475 g/mol. The van der Waals surface area contributed by atoms with Crippen molar-refractivity contribution in [3.05, 3.63) is 89.5 Å². The minimum Gasteiger partial charge on any atom is -0.403 e. The zero-order valence-electron chi connectivity index (χ0n) is 18.2. The summed E-state index contributed by atoms with van der Waals surface area (Å²) in [6.45, 7) is 0. The van der Waals surface area contributed by atoms with Crippen LogP contribution in [0.1, 0.15) is 34.3 Å². The predicted octanol–water partition coefficient (Wildman–Crippen LogP) is 4.67. The third-order valence-electron chi connectivity index (χ3n) is 5.71. The lowest BCUT2D eigenvalue weighted by Crippen LogP contribution is -2.18. The van der Waals surface area contributed by atoms with Crippen LogP contribution in [0.2, 0.25) is 0 Å². The number of aromatic nitrogens is 2. The molecule has 0 radical (unpaired) electrons. The van der Waals surface area contributed by atoms with Gasteiger partial charge in [-0.05, 0) is 73.2 Å². The van der Waals surface area contributed by atoms with Crippen LogP contribution in [0.15, 0.2) is 82.1 Å². The van der Waals surface area contributed by atoms with Gasteiger partial charge in [0.1, 0.15) is 0 Å². The number of anilines is 2. The zero-order valence-corrected chi connectivity index (χ0v) is 19.0. The van der Waals surface area contributed by atoms with Crippen LogP contribution in [0.4, 0.5) is 11.7 Å². The molecule has 9 heteroatoms. The van der Waals surface area contributed by atoms with Gasteiger partial charge in [0, 0.05) is 5.56 Å². The number of nitrogens with zero attached hydrogens (tertiary/aromatic N) is 2. The highest BCUT2D eigenvalue weighted by Gasteiger charge is 2.20. The molecule has 1 aliphatic rings. The summed E-state index contributed by atoms with van der Waals surface area (Å²) >= 11 is 0. The molecule has 0 saturated heterocycles. The summed E-state index contributed by atoms with van der Waals surface area (Å²) in [5.41, 5.74) is 3.68. The molecule has 0 spiro atoms. The number of sulfonamides is 1. The Balaban J connectivity index is 1.35. The number of amides is 1. The fraction of sp³-hybridized carbons (Fsp3) is 0.160. The van der Waals surface area contributed by atoms with E-state index in [1.807, 2.05) is 6.07 Å². The molecule has 5 rings (SSSR count). The smallest absolute Gasteiger partial charge is 0.322 e. The molecule has 2 N–H and O–H groups in total. The van der Waals surface area contributed by atoms with Crippen molar-refractivity contribution in [1.29, 1.82) is 0 Å². The first-order valence-corrected chi connectivity index (χ1v) is 12.4. The molecule has 0 saturated carbocycles. The summed E-state index contributed by atoms with van der Waals surface area (Å²) in [7, 11) is -3.86. The van der Waals surface area contributed by atoms with Crippen molar-refractivity contribution in [3.63, 3.8) is 0 Å². The Bertz CT molecular complexity index is 1450. The van der Waals surface area contributed by atoms with Crippen molar-refractivity contribution >= 4 is 27.6 Å². The lowest BCUT2D eigenvalue weighted by atomic mass is 9.90. The number of hydrogen-bond donors (Lipinski definition) is 2. The van der Waals surface area contributed by atoms with Crippen molar-refractivity contribution in [1.82, 2.24) is 10.2 Å². The second kappa shape index (κ2) is 9.11. The largest absolute Gasteiger partial charge is 0.403 e. The van der Waals surface area contributed by atoms with E-state index < -0.39 is 15.9 Å². The second-order valence-corrected chi connectivity index (χ2v) is 9.70. The molecule has 4 aromatic rings. The van der Waals surface area contributed by atoms with Crippen LogP contribution in [-0.2, 0) is 22.9 Å². The Hall–Kier alpha value is -3.98. The molecule has 1 aliphatic carbocycles. The van der Waals surface area contributed by atoms with Crippen LogP contribution in [0.25, 0.3) is 11.5 Å². The number of hydrogen-bond acceptors (Lipinski definition) is 6. The molecule has 0 atom stereocenters. The van der Waals surface area contributed by atoms with Crippen molar-refractivity contribution in [3.8, 4) is 11.5 Å². The molecule has 3 aromatic carbocycles. The maximum Gasteiger partial charge on any atom is 0.322 e. The number of aryl methyl sites for hydroxylation is 2. The summed E-state index contributed by atoms with van der Waals surface area (Å²) < 4.78 is 33.6. The van der Waals surface area contributed by atoms with Crippen LogP contribution in [0.5, 0.6) is 0 Å². The van der Waals surface area contributed by atoms with Crippen LogP contribution in [0.3, 0.4) is 0 Å². The van der Waals surface area contributed by atoms with Gasteiger partial charge in [-0.15, -0.1) is 5.10 Å². The molecule has 172 valence electrons. The predicted molar refractivity (Wildman–Crippen MR) is 128 cm³/mol. The van der Waals surface area contributed by atoms with E-state index in [0.717, 1.165) is 24.8 Å². The molecular weight excluding hydrogens is 452 g/mol. The van der Waals surface area contributed by atoms with Gasteiger partial charge in [-0.2, -0.15) is 0 Å². The van der Waals surface area contributed by atoms with Gasteiger partial charge in [0.2, 0.25) is 5.89 Å². The fourth-order valence-corrected chi connectivity index (χ4v) is 5.10. The summed E-state index contributed by atoms with van der Waals surface area (Å²) in [6, 6.07) is 20.3. The topological polar surface area (TPSA) is 114 Å². The molecule has 0 bridgehead atoms. The Morgan fingerprint density at radius 3 is 2.41 bits per heavy atom.